The Morgan fingerprint density at radius 3 is 2.03 bits per heavy atom. The Morgan fingerprint density at radius 2 is 1.45 bits per heavy atom. The third-order valence-corrected chi connectivity index (χ3v) is 18.4. The summed E-state index contributed by atoms with van der Waals surface area (Å²) in [5.74, 6) is -2.00. The highest BCUT2D eigenvalue weighted by Crippen LogP contribution is 2.76. The molecule has 0 unspecified atom stereocenters. The fourth-order valence-electron chi connectivity index (χ4n) is 14.1. The lowest BCUT2D eigenvalue weighted by atomic mass is 9.33. The molecule has 2 N–H and O–H groups in total. The van der Waals surface area contributed by atoms with Gasteiger partial charge in [-0.1, -0.05) is 65.3 Å². The Labute approximate surface area is 393 Å². The zero-order chi connectivity index (χ0) is 48.2. The fourth-order valence-corrected chi connectivity index (χ4v) is 14.2. The van der Waals surface area contributed by atoms with Gasteiger partial charge in [0.15, 0.2) is 5.78 Å². The van der Waals surface area contributed by atoms with Crippen LogP contribution in [0.3, 0.4) is 0 Å². The van der Waals surface area contributed by atoms with E-state index in [1.165, 1.54) is 5.57 Å². The quantitative estimate of drug-likeness (QED) is 0.144. The second-order valence-electron chi connectivity index (χ2n) is 23.7. The Kier molecular flexibility index (Phi) is 14.7. The first kappa shape index (κ1) is 51.1. The number of fused-ring (bicyclic) bond motifs is 7. The number of allylic oxidation sites excluding steroid dienone is 1. The number of halogens is 1. The molecule has 362 valence electrons. The van der Waals surface area contributed by atoms with E-state index in [0.717, 1.165) is 62.6 Å². The van der Waals surface area contributed by atoms with E-state index in [0.29, 0.717) is 42.9 Å². The van der Waals surface area contributed by atoms with Crippen molar-refractivity contribution in [2.75, 3.05) is 33.7 Å². The first-order valence-corrected chi connectivity index (χ1v) is 24.7. The highest BCUT2D eigenvalue weighted by Gasteiger charge is 2.70. The number of likely N-dealkylation sites (N-methyl/N-ethyl adjacent to an activating group) is 1. The summed E-state index contributed by atoms with van der Waals surface area (Å²) in [6, 6.07) is 7.81. The summed E-state index contributed by atoms with van der Waals surface area (Å²) >= 11 is 6.31. The van der Waals surface area contributed by atoms with Gasteiger partial charge in [0, 0.05) is 43.0 Å². The van der Waals surface area contributed by atoms with E-state index in [2.05, 4.69) is 51.3 Å². The highest BCUT2D eigenvalue weighted by atomic mass is 35.5. The standard InChI is InChI=1S/C53H79ClN2O9/c1-32(2)44-38(57)27-53(41(65-43(59)29-49(6,7)47(62)63)31-56(26-25-55(11)12)30-34-13-15-35(54)16-14-34)24-23-51(9)37(45(44)53)17-18-40-50(8)21-20-39(33(3)36(50)19-22-52(40,51)10)64-42(58)28-48(4,5)46(60)61/h13-16,32-33,36-37,39-41H,17-31H2,1-12H3,(H,60,61)(H,62,63)/t33-,36+,37-,39+,40-,41+,50+,51-,52-,53+/m1/s1. The van der Waals surface area contributed by atoms with Crippen molar-refractivity contribution in [2.45, 2.75) is 159 Å². The number of carbonyl (C=O) groups is 5. The average Bonchev–Trinajstić information content (AvgIpc) is 3.51. The number of ether oxygens (including phenoxy) is 2. The number of carboxylic acid groups (broad SMARTS) is 2. The molecule has 0 spiro atoms. The van der Waals surface area contributed by atoms with E-state index in [9.17, 15) is 34.2 Å². The van der Waals surface area contributed by atoms with Gasteiger partial charge in [0.1, 0.15) is 12.2 Å². The Hall–Kier alpha value is -3.28. The summed E-state index contributed by atoms with van der Waals surface area (Å²) in [5, 5.41) is 20.4. The molecule has 0 amide bonds. The first-order chi connectivity index (χ1) is 30.1. The van der Waals surface area contributed by atoms with Crippen LogP contribution in [0.1, 0.15) is 145 Å². The average molecular weight is 924 g/mol. The topological polar surface area (TPSA) is 151 Å². The maximum Gasteiger partial charge on any atom is 0.309 e. The van der Waals surface area contributed by atoms with Crippen molar-refractivity contribution in [1.29, 1.82) is 0 Å². The minimum atomic E-state index is -1.33. The first-order valence-electron chi connectivity index (χ1n) is 24.4. The number of nitrogens with zero attached hydrogens (tertiary/aromatic N) is 2. The van der Waals surface area contributed by atoms with Crippen LogP contribution >= 0.6 is 11.6 Å². The lowest BCUT2D eigenvalue weighted by molar-refractivity contribution is -0.219. The molecule has 0 heterocycles. The molecule has 1 aromatic rings. The summed E-state index contributed by atoms with van der Waals surface area (Å²) in [6.07, 6.45) is 6.01. The molecule has 0 saturated heterocycles. The molecular weight excluding hydrogens is 844 g/mol. The molecule has 10 atom stereocenters. The molecular formula is C53H79ClN2O9. The number of benzene rings is 1. The number of ketones is 1. The molecule has 4 saturated carbocycles. The third kappa shape index (κ3) is 9.59. The Balaban J connectivity index is 1.36. The van der Waals surface area contributed by atoms with Crippen LogP contribution in [0.5, 0.6) is 0 Å². The lowest BCUT2D eigenvalue weighted by Crippen LogP contribution is -2.65. The predicted octanol–water partition coefficient (Wildman–Crippen LogP) is 10.1. The zero-order valence-corrected chi connectivity index (χ0v) is 42.2. The smallest absolute Gasteiger partial charge is 0.309 e. The number of esters is 2. The molecule has 6 rings (SSSR count). The van der Waals surface area contributed by atoms with Crippen LogP contribution in [0.4, 0.5) is 0 Å². The van der Waals surface area contributed by atoms with Crippen LogP contribution < -0.4 is 0 Å². The molecule has 1 aromatic carbocycles. The molecule has 0 radical (unpaired) electrons. The molecule has 11 nitrogen and oxygen atoms in total. The highest BCUT2D eigenvalue weighted by molar-refractivity contribution is 6.30. The number of aliphatic carboxylic acids is 2. The van der Waals surface area contributed by atoms with Gasteiger partial charge in [-0.25, -0.2) is 0 Å². The van der Waals surface area contributed by atoms with Crippen molar-refractivity contribution in [3.63, 3.8) is 0 Å². The van der Waals surface area contributed by atoms with Gasteiger partial charge in [-0.15, -0.1) is 0 Å². The number of rotatable bonds is 17. The third-order valence-electron chi connectivity index (χ3n) is 18.1. The van der Waals surface area contributed by atoms with Gasteiger partial charge in [0.05, 0.1) is 23.7 Å². The number of carboxylic acids is 2. The van der Waals surface area contributed by atoms with E-state index >= 15 is 0 Å². The van der Waals surface area contributed by atoms with Crippen LogP contribution in [-0.4, -0.2) is 95.6 Å². The summed E-state index contributed by atoms with van der Waals surface area (Å²) in [5.41, 5.74) is -0.321. The van der Waals surface area contributed by atoms with Crippen LogP contribution in [0.15, 0.2) is 35.4 Å². The van der Waals surface area contributed by atoms with E-state index in [4.69, 9.17) is 21.1 Å². The maximum atomic E-state index is 14.8. The molecule has 5 aliphatic carbocycles. The summed E-state index contributed by atoms with van der Waals surface area (Å²) in [4.78, 5) is 70.7. The van der Waals surface area contributed by atoms with E-state index < -0.39 is 46.2 Å². The van der Waals surface area contributed by atoms with Gasteiger partial charge in [-0.05, 0) is 168 Å². The largest absolute Gasteiger partial charge is 0.481 e. The van der Waals surface area contributed by atoms with E-state index in [1.807, 2.05) is 38.4 Å². The molecule has 65 heavy (non-hydrogen) atoms. The van der Waals surface area contributed by atoms with E-state index in [-0.39, 0.29) is 65.1 Å². The number of hydrogen-bond acceptors (Lipinski definition) is 9. The van der Waals surface area contributed by atoms with Crippen LogP contribution in [-0.2, 0) is 40.0 Å². The number of hydrogen-bond donors (Lipinski definition) is 2. The Bertz CT molecular complexity index is 2030. The normalized spacial score (nSPS) is 33.0. The molecule has 0 aliphatic heterocycles. The van der Waals surface area contributed by atoms with E-state index in [1.54, 1.807) is 27.7 Å². The second-order valence-corrected chi connectivity index (χ2v) is 24.1. The monoisotopic (exact) mass is 923 g/mol. The number of Topliss-reactive ketones (excluding diaryl/α,β-unsaturated/α-hetero) is 1. The molecule has 5 aliphatic rings. The molecule has 4 fully saturated rings. The van der Waals surface area contributed by atoms with Crippen LogP contribution in [0.2, 0.25) is 5.02 Å². The van der Waals surface area contributed by atoms with Crippen molar-refractivity contribution < 1.29 is 43.7 Å². The maximum absolute atomic E-state index is 14.8. The lowest BCUT2D eigenvalue weighted by Gasteiger charge is -2.71. The van der Waals surface area contributed by atoms with Gasteiger partial charge >= 0.3 is 23.9 Å². The van der Waals surface area contributed by atoms with Crippen molar-refractivity contribution in [3.05, 3.63) is 46.0 Å². The molecule has 12 heteroatoms. The fraction of sp³-hybridized carbons (Fsp3) is 0.755. The second kappa shape index (κ2) is 18.7. The summed E-state index contributed by atoms with van der Waals surface area (Å²) in [7, 11) is 4.07. The minimum absolute atomic E-state index is 0.00252. The van der Waals surface area contributed by atoms with Gasteiger partial charge in [-0.3, -0.25) is 28.9 Å². The van der Waals surface area contributed by atoms with Crippen molar-refractivity contribution in [2.24, 2.45) is 62.1 Å². The van der Waals surface area contributed by atoms with Gasteiger partial charge < -0.3 is 24.6 Å². The molecule has 0 bridgehead atoms. The number of carbonyl (C=O) groups excluding carboxylic acids is 3. The SMILES string of the molecule is CC(C)C1=C2[C@H]3CC[C@@H]4[C@@]5(C)CC[C@H](OC(=O)CC(C)(C)C(=O)O)[C@H](C)[C@@H]5CC[C@@]4(C)[C@]3(C)CC[C@@]2([C@H](CN(CCN(C)C)Cc2ccc(Cl)cc2)OC(=O)CC(C)(C)C(=O)O)CC1=O. The Morgan fingerprint density at radius 1 is 0.831 bits per heavy atom. The van der Waals surface area contributed by atoms with Crippen LogP contribution in [0.25, 0.3) is 0 Å². The van der Waals surface area contributed by atoms with Crippen molar-refractivity contribution >= 4 is 41.3 Å². The zero-order valence-electron chi connectivity index (χ0n) is 41.5. The van der Waals surface area contributed by atoms with Crippen molar-refractivity contribution in [3.8, 4) is 0 Å². The summed E-state index contributed by atoms with van der Waals surface area (Å²) in [6.45, 7) is 22.6. The van der Waals surface area contributed by atoms with Gasteiger partial charge in [0.2, 0.25) is 0 Å². The van der Waals surface area contributed by atoms with Gasteiger partial charge in [-0.2, -0.15) is 0 Å². The summed E-state index contributed by atoms with van der Waals surface area (Å²) < 4.78 is 12.9. The van der Waals surface area contributed by atoms with Gasteiger partial charge in [0.25, 0.3) is 0 Å². The van der Waals surface area contributed by atoms with Crippen molar-refractivity contribution in [1.82, 2.24) is 9.80 Å². The van der Waals surface area contributed by atoms with Crippen LogP contribution in [0, 0.1) is 62.1 Å². The predicted molar refractivity (Wildman–Crippen MR) is 252 cm³/mol. The molecule has 0 aromatic heterocycles. The minimum Gasteiger partial charge on any atom is -0.481 e.